The van der Waals surface area contributed by atoms with Crippen LogP contribution in [0.5, 0.6) is 0 Å². The number of ether oxygens (including phenoxy) is 1. The summed E-state index contributed by atoms with van der Waals surface area (Å²) in [5.41, 5.74) is 1.74. The van der Waals surface area contributed by atoms with Crippen molar-refractivity contribution in [1.82, 2.24) is 14.6 Å². The lowest BCUT2D eigenvalue weighted by Crippen LogP contribution is -2.38. The number of esters is 1. The third-order valence-electron chi connectivity index (χ3n) is 5.59. The number of benzene rings is 1. The van der Waals surface area contributed by atoms with E-state index in [2.05, 4.69) is 27.2 Å². The van der Waals surface area contributed by atoms with E-state index in [9.17, 15) is 14.4 Å². The summed E-state index contributed by atoms with van der Waals surface area (Å²) in [5.74, 6) is -0.529. The Morgan fingerprint density at radius 3 is 2.58 bits per heavy atom. The molecule has 10 heteroatoms. The lowest BCUT2D eigenvalue weighted by Gasteiger charge is -2.30. The van der Waals surface area contributed by atoms with Crippen LogP contribution in [0.1, 0.15) is 49.2 Å². The summed E-state index contributed by atoms with van der Waals surface area (Å²) in [6.07, 6.45) is 3.07. The van der Waals surface area contributed by atoms with E-state index >= 15 is 0 Å². The molecule has 1 aliphatic heterocycles. The molecule has 0 spiro atoms. The van der Waals surface area contributed by atoms with Crippen LogP contribution in [0.15, 0.2) is 35.1 Å². The number of hydrogen-bond donors (Lipinski definition) is 1. The molecule has 174 valence electrons. The van der Waals surface area contributed by atoms with E-state index in [1.165, 1.54) is 15.9 Å². The van der Waals surface area contributed by atoms with Crippen LogP contribution in [0.25, 0.3) is 4.96 Å². The second-order valence-electron chi connectivity index (χ2n) is 7.96. The van der Waals surface area contributed by atoms with Crippen LogP contribution in [0.3, 0.4) is 0 Å². The summed E-state index contributed by atoms with van der Waals surface area (Å²) >= 11 is 1.41. The van der Waals surface area contributed by atoms with Gasteiger partial charge in [-0.15, -0.1) is 5.10 Å². The number of anilines is 2. The molecule has 2 aromatic heterocycles. The predicted molar refractivity (Wildman–Crippen MR) is 127 cm³/mol. The van der Waals surface area contributed by atoms with Crippen molar-refractivity contribution in [3.05, 3.63) is 51.9 Å². The molecular formula is C23H27N5O4S. The van der Waals surface area contributed by atoms with Gasteiger partial charge in [-0.1, -0.05) is 24.7 Å². The number of carbonyl (C=O) groups is 2. The van der Waals surface area contributed by atoms with Gasteiger partial charge in [0.1, 0.15) is 0 Å². The molecule has 1 amide bonds. The van der Waals surface area contributed by atoms with Crippen LogP contribution in [0.2, 0.25) is 0 Å². The highest BCUT2D eigenvalue weighted by molar-refractivity contribution is 7.20. The highest BCUT2D eigenvalue weighted by Crippen LogP contribution is 2.27. The first-order valence-electron chi connectivity index (χ1n) is 11.2. The zero-order valence-electron chi connectivity index (χ0n) is 18.7. The first-order valence-corrected chi connectivity index (χ1v) is 12.0. The molecule has 4 rings (SSSR count). The molecule has 1 N–H and O–H groups in total. The smallest absolute Gasteiger partial charge is 0.338 e. The minimum absolute atomic E-state index is 0.0371. The van der Waals surface area contributed by atoms with Crippen molar-refractivity contribution < 1.29 is 14.3 Å². The largest absolute Gasteiger partial charge is 0.462 e. The highest BCUT2D eigenvalue weighted by atomic mass is 32.1. The molecule has 0 atom stereocenters. The van der Waals surface area contributed by atoms with Crippen molar-refractivity contribution in [2.75, 3.05) is 29.9 Å². The fourth-order valence-corrected chi connectivity index (χ4v) is 4.82. The van der Waals surface area contributed by atoms with Gasteiger partial charge in [0.05, 0.1) is 12.2 Å². The number of nitrogens with zero attached hydrogens (tertiary/aromatic N) is 4. The Labute approximate surface area is 195 Å². The third kappa shape index (κ3) is 5.22. The first kappa shape index (κ1) is 22.9. The number of aromatic nitrogens is 3. The Morgan fingerprint density at radius 1 is 1.18 bits per heavy atom. The number of amides is 1. The molecule has 0 radical (unpaired) electrons. The Morgan fingerprint density at radius 2 is 1.91 bits per heavy atom. The van der Waals surface area contributed by atoms with E-state index in [0.717, 1.165) is 23.7 Å². The molecule has 0 unspecified atom stereocenters. The van der Waals surface area contributed by atoms with Gasteiger partial charge in [-0.2, -0.15) is 4.52 Å². The maximum atomic E-state index is 12.7. The highest BCUT2D eigenvalue weighted by Gasteiger charge is 2.27. The monoisotopic (exact) mass is 469 g/mol. The molecule has 1 saturated heterocycles. The van der Waals surface area contributed by atoms with Gasteiger partial charge in [0.15, 0.2) is 0 Å². The van der Waals surface area contributed by atoms with Crippen LogP contribution < -0.4 is 15.8 Å². The maximum absolute atomic E-state index is 12.7. The number of hydrogen-bond acceptors (Lipinski definition) is 8. The van der Waals surface area contributed by atoms with Gasteiger partial charge in [0, 0.05) is 36.5 Å². The predicted octanol–water partition coefficient (Wildman–Crippen LogP) is 3.14. The van der Waals surface area contributed by atoms with Crippen molar-refractivity contribution in [3.63, 3.8) is 0 Å². The van der Waals surface area contributed by atoms with Crippen LogP contribution in [-0.4, -0.2) is 46.2 Å². The molecule has 1 fully saturated rings. The van der Waals surface area contributed by atoms with Crippen molar-refractivity contribution in [2.24, 2.45) is 5.92 Å². The molecule has 1 aromatic carbocycles. The summed E-state index contributed by atoms with van der Waals surface area (Å²) in [6, 6.07) is 8.25. The summed E-state index contributed by atoms with van der Waals surface area (Å²) in [7, 11) is 0. The summed E-state index contributed by atoms with van der Waals surface area (Å²) in [5, 5.41) is 8.14. The fraction of sp³-hybridized carbons (Fsp3) is 0.435. The zero-order chi connectivity index (χ0) is 23.4. The maximum Gasteiger partial charge on any atom is 0.338 e. The van der Waals surface area contributed by atoms with E-state index in [0.29, 0.717) is 48.7 Å². The Balaban J connectivity index is 1.35. The lowest BCUT2D eigenvalue weighted by atomic mass is 9.96. The average Bonchev–Trinajstić information content (AvgIpc) is 3.25. The number of rotatable bonds is 7. The minimum atomic E-state index is -0.378. The molecule has 0 aliphatic carbocycles. The Bertz CT molecular complexity index is 1200. The fourth-order valence-electron chi connectivity index (χ4n) is 3.84. The van der Waals surface area contributed by atoms with Gasteiger partial charge < -0.3 is 15.0 Å². The van der Waals surface area contributed by atoms with Gasteiger partial charge in [0.25, 0.3) is 5.56 Å². The normalized spacial score (nSPS) is 14.4. The summed E-state index contributed by atoms with van der Waals surface area (Å²) in [4.78, 5) is 44.1. The van der Waals surface area contributed by atoms with E-state index in [1.54, 1.807) is 37.3 Å². The van der Waals surface area contributed by atoms with Gasteiger partial charge in [-0.05, 0) is 50.5 Å². The van der Waals surface area contributed by atoms with Crippen LogP contribution in [0.4, 0.5) is 10.8 Å². The molecule has 9 nitrogen and oxygen atoms in total. The SMILES string of the molecule is CCCc1cc(=O)n2nc(N3CCC(C(=O)Nc4ccc(C(=O)OCC)cc4)CC3)sc2n1. The topological polar surface area (TPSA) is 106 Å². The zero-order valence-corrected chi connectivity index (χ0v) is 19.6. The van der Waals surface area contributed by atoms with E-state index in [1.807, 2.05) is 0 Å². The number of aryl methyl sites for hydroxylation is 1. The Kier molecular flexibility index (Phi) is 7.02. The molecule has 0 bridgehead atoms. The second-order valence-corrected chi connectivity index (χ2v) is 8.90. The first-order chi connectivity index (χ1) is 16.0. The van der Waals surface area contributed by atoms with E-state index in [4.69, 9.17) is 4.74 Å². The van der Waals surface area contributed by atoms with Crippen LogP contribution in [-0.2, 0) is 16.0 Å². The second kappa shape index (κ2) is 10.1. The molecule has 3 aromatic rings. The average molecular weight is 470 g/mol. The Hall–Kier alpha value is -3.27. The summed E-state index contributed by atoms with van der Waals surface area (Å²) < 4.78 is 6.33. The van der Waals surface area contributed by atoms with Crippen molar-refractivity contribution in [2.45, 2.75) is 39.5 Å². The number of piperidine rings is 1. The van der Waals surface area contributed by atoms with Crippen molar-refractivity contribution in [1.29, 1.82) is 0 Å². The minimum Gasteiger partial charge on any atom is -0.462 e. The molecule has 1 aliphatic rings. The van der Waals surface area contributed by atoms with Crippen molar-refractivity contribution >= 4 is 39.0 Å². The standard InChI is InChI=1S/C23H27N5O4S/c1-3-5-18-14-19(29)28-22(25-18)33-23(26-28)27-12-10-15(11-13-27)20(30)24-17-8-6-16(7-9-17)21(31)32-4-2/h6-9,14-15H,3-5,10-13H2,1-2H3,(H,24,30). The van der Waals surface area contributed by atoms with E-state index < -0.39 is 0 Å². The number of fused-ring (bicyclic) bond motifs is 1. The third-order valence-corrected chi connectivity index (χ3v) is 6.56. The van der Waals surface area contributed by atoms with Crippen LogP contribution in [0, 0.1) is 5.92 Å². The molecule has 33 heavy (non-hydrogen) atoms. The van der Waals surface area contributed by atoms with E-state index in [-0.39, 0.29) is 23.4 Å². The lowest BCUT2D eigenvalue weighted by molar-refractivity contribution is -0.120. The summed E-state index contributed by atoms with van der Waals surface area (Å²) in [6.45, 7) is 5.49. The molecule has 3 heterocycles. The molecule has 0 saturated carbocycles. The van der Waals surface area contributed by atoms with Gasteiger partial charge in [-0.3, -0.25) is 9.59 Å². The van der Waals surface area contributed by atoms with Gasteiger partial charge in [-0.25, -0.2) is 9.78 Å². The number of carbonyl (C=O) groups excluding carboxylic acids is 2. The quantitative estimate of drug-likeness (QED) is 0.530. The van der Waals surface area contributed by atoms with Crippen molar-refractivity contribution in [3.8, 4) is 0 Å². The van der Waals surface area contributed by atoms with Crippen LogP contribution >= 0.6 is 11.3 Å². The molecular weight excluding hydrogens is 442 g/mol. The number of nitrogens with one attached hydrogen (secondary N) is 1. The van der Waals surface area contributed by atoms with Gasteiger partial charge >= 0.3 is 5.97 Å². The van der Waals surface area contributed by atoms with Gasteiger partial charge in [0.2, 0.25) is 16.0 Å².